The van der Waals surface area contributed by atoms with Gasteiger partial charge in [-0.2, -0.15) is 0 Å². The van der Waals surface area contributed by atoms with E-state index in [0.717, 1.165) is 25.7 Å². The number of benzene rings is 1. The maximum atomic E-state index is 13.7. The monoisotopic (exact) mass is 358 g/mol. The van der Waals surface area contributed by atoms with Gasteiger partial charge in [0.2, 0.25) is 0 Å². The van der Waals surface area contributed by atoms with Crippen molar-refractivity contribution in [1.82, 2.24) is 4.90 Å². The van der Waals surface area contributed by atoms with Gasteiger partial charge in [0, 0.05) is 10.5 Å². The molecular weight excluding hydrogens is 343 g/mol. The van der Waals surface area contributed by atoms with Crippen molar-refractivity contribution in [3.63, 3.8) is 0 Å². The minimum absolute atomic E-state index is 0.0385. The van der Waals surface area contributed by atoms with Crippen LogP contribution in [0.3, 0.4) is 0 Å². The van der Waals surface area contributed by atoms with Crippen LogP contribution in [0.25, 0.3) is 0 Å². The molecule has 0 radical (unpaired) electrons. The highest BCUT2D eigenvalue weighted by atomic mass is 79.9. The van der Waals surface area contributed by atoms with Crippen LogP contribution in [0.1, 0.15) is 25.7 Å². The number of carboxylic acid groups (broad SMARTS) is 1. The minimum Gasteiger partial charge on any atom is -0.480 e. The van der Waals surface area contributed by atoms with Crippen molar-refractivity contribution < 1.29 is 19.1 Å². The standard InChI is InChI=1S/C14H16BrFN2O3/c15-9-5-6-12(11(16)7-9)17-14(21)18(8-13(19)20)10-3-1-2-4-10/h5-7,10H,1-4,8H2,(H,17,21)(H,19,20). The van der Waals surface area contributed by atoms with E-state index in [-0.39, 0.29) is 18.3 Å². The summed E-state index contributed by atoms with van der Waals surface area (Å²) in [5.74, 6) is -1.65. The molecule has 0 saturated heterocycles. The third kappa shape index (κ3) is 4.17. The van der Waals surface area contributed by atoms with E-state index in [1.807, 2.05) is 0 Å². The number of hydrogen-bond acceptors (Lipinski definition) is 2. The van der Waals surface area contributed by atoms with Crippen molar-refractivity contribution in [2.75, 3.05) is 11.9 Å². The molecule has 2 amide bonds. The van der Waals surface area contributed by atoms with Crippen molar-refractivity contribution in [3.8, 4) is 0 Å². The van der Waals surface area contributed by atoms with E-state index in [1.165, 1.54) is 17.0 Å². The average molecular weight is 359 g/mol. The van der Waals surface area contributed by atoms with Crippen molar-refractivity contribution in [2.45, 2.75) is 31.7 Å². The van der Waals surface area contributed by atoms with Crippen LogP contribution in [0.2, 0.25) is 0 Å². The molecule has 1 aromatic rings. The van der Waals surface area contributed by atoms with Gasteiger partial charge >= 0.3 is 12.0 Å². The predicted molar refractivity (Wildman–Crippen MR) is 79.7 cm³/mol. The van der Waals surface area contributed by atoms with Gasteiger partial charge in [-0.3, -0.25) is 4.79 Å². The van der Waals surface area contributed by atoms with Gasteiger partial charge in [0.25, 0.3) is 0 Å². The normalized spacial score (nSPS) is 15.0. The summed E-state index contributed by atoms with van der Waals surface area (Å²) >= 11 is 3.14. The van der Waals surface area contributed by atoms with Crippen LogP contribution < -0.4 is 5.32 Å². The molecule has 114 valence electrons. The van der Waals surface area contributed by atoms with Gasteiger partial charge in [-0.1, -0.05) is 28.8 Å². The summed E-state index contributed by atoms with van der Waals surface area (Å²) in [7, 11) is 0. The van der Waals surface area contributed by atoms with Gasteiger partial charge in [0.1, 0.15) is 12.4 Å². The van der Waals surface area contributed by atoms with E-state index in [4.69, 9.17) is 5.11 Å². The fourth-order valence-electron chi connectivity index (χ4n) is 2.51. The Hall–Kier alpha value is -1.63. The Morgan fingerprint density at radius 3 is 2.62 bits per heavy atom. The van der Waals surface area contributed by atoms with Gasteiger partial charge in [0.05, 0.1) is 5.69 Å². The van der Waals surface area contributed by atoms with Gasteiger partial charge in [0.15, 0.2) is 0 Å². The summed E-state index contributed by atoms with van der Waals surface area (Å²) in [6.07, 6.45) is 3.51. The summed E-state index contributed by atoms with van der Waals surface area (Å²) in [4.78, 5) is 24.5. The molecule has 1 fully saturated rings. The number of anilines is 1. The fourth-order valence-corrected chi connectivity index (χ4v) is 2.84. The van der Waals surface area contributed by atoms with Crippen LogP contribution in [0.4, 0.5) is 14.9 Å². The maximum absolute atomic E-state index is 13.7. The first-order chi connectivity index (χ1) is 9.97. The quantitative estimate of drug-likeness (QED) is 0.865. The van der Waals surface area contributed by atoms with Crippen molar-refractivity contribution in [1.29, 1.82) is 0 Å². The second-order valence-corrected chi connectivity index (χ2v) is 5.93. The lowest BCUT2D eigenvalue weighted by atomic mass is 10.2. The highest BCUT2D eigenvalue weighted by Gasteiger charge is 2.28. The second-order valence-electron chi connectivity index (χ2n) is 5.01. The number of nitrogens with one attached hydrogen (secondary N) is 1. The number of aliphatic carboxylic acids is 1. The Kier molecular flexibility index (Phi) is 5.17. The lowest BCUT2D eigenvalue weighted by Gasteiger charge is -2.27. The van der Waals surface area contributed by atoms with Crippen molar-refractivity contribution in [2.24, 2.45) is 0 Å². The third-order valence-electron chi connectivity index (χ3n) is 3.50. The number of rotatable bonds is 4. The Balaban J connectivity index is 2.11. The fraction of sp³-hybridized carbons (Fsp3) is 0.429. The molecule has 2 rings (SSSR count). The predicted octanol–water partition coefficient (Wildman–Crippen LogP) is 3.45. The molecule has 1 saturated carbocycles. The topological polar surface area (TPSA) is 69.6 Å². The van der Waals surface area contributed by atoms with Crippen LogP contribution in [0.5, 0.6) is 0 Å². The number of carbonyl (C=O) groups excluding carboxylic acids is 1. The van der Waals surface area contributed by atoms with Crippen molar-refractivity contribution >= 4 is 33.6 Å². The molecule has 21 heavy (non-hydrogen) atoms. The third-order valence-corrected chi connectivity index (χ3v) is 4.00. The molecule has 0 bridgehead atoms. The first kappa shape index (κ1) is 15.8. The lowest BCUT2D eigenvalue weighted by Crippen LogP contribution is -2.44. The zero-order valence-electron chi connectivity index (χ0n) is 11.3. The van der Waals surface area contributed by atoms with Gasteiger partial charge < -0.3 is 15.3 Å². The van der Waals surface area contributed by atoms with Crippen LogP contribution in [-0.2, 0) is 4.79 Å². The average Bonchev–Trinajstić information content (AvgIpc) is 2.92. The van der Waals surface area contributed by atoms with Crippen molar-refractivity contribution in [3.05, 3.63) is 28.5 Å². The lowest BCUT2D eigenvalue weighted by molar-refractivity contribution is -0.138. The Morgan fingerprint density at radius 1 is 1.38 bits per heavy atom. The summed E-state index contributed by atoms with van der Waals surface area (Å²) in [5, 5.41) is 11.4. The number of hydrogen-bond donors (Lipinski definition) is 2. The van der Waals surface area contributed by atoms with Crippen LogP contribution >= 0.6 is 15.9 Å². The molecule has 1 aliphatic carbocycles. The SMILES string of the molecule is O=C(O)CN(C(=O)Nc1ccc(Br)cc1F)C1CCCC1. The first-order valence-electron chi connectivity index (χ1n) is 6.72. The van der Waals surface area contributed by atoms with E-state index in [0.29, 0.717) is 4.47 Å². The Morgan fingerprint density at radius 2 is 2.05 bits per heavy atom. The van der Waals surface area contributed by atoms with Gasteiger partial charge in [-0.05, 0) is 31.0 Å². The number of amides is 2. The van der Waals surface area contributed by atoms with Gasteiger partial charge in [-0.25, -0.2) is 9.18 Å². The maximum Gasteiger partial charge on any atom is 0.323 e. The number of nitrogens with zero attached hydrogens (tertiary/aromatic N) is 1. The molecule has 0 unspecified atom stereocenters. The molecule has 1 aliphatic rings. The number of carbonyl (C=O) groups is 2. The van der Waals surface area contributed by atoms with E-state index in [9.17, 15) is 14.0 Å². The Bertz CT molecular complexity index is 547. The first-order valence-corrected chi connectivity index (χ1v) is 7.51. The van der Waals surface area contributed by atoms with E-state index < -0.39 is 17.8 Å². The second kappa shape index (κ2) is 6.89. The summed E-state index contributed by atoms with van der Waals surface area (Å²) in [6.45, 7) is -0.380. The molecule has 0 spiro atoms. The van der Waals surface area contributed by atoms with E-state index >= 15 is 0 Å². The largest absolute Gasteiger partial charge is 0.480 e. The summed E-state index contributed by atoms with van der Waals surface area (Å²) in [6, 6.07) is 3.61. The smallest absolute Gasteiger partial charge is 0.323 e. The zero-order chi connectivity index (χ0) is 15.4. The van der Waals surface area contributed by atoms with Gasteiger partial charge in [-0.15, -0.1) is 0 Å². The minimum atomic E-state index is -1.08. The molecule has 7 heteroatoms. The number of halogens is 2. The van der Waals surface area contributed by atoms with Crippen LogP contribution in [0, 0.1) is 5.82 Å². The van der Waals surface area contributed by atoms with Crippen LogP contribution in [0.15, 0.2) is 22.7 Å². The highest BCUT2D eigenvalue weighted by molar-refractivity contribution is 9.10. The molecule has 0 atom stereocenters. The summed E-state index contributed by atoms with van der Waals surface area (Å²) in [5.41, 5.74) is 0.0385. The molecule has 0 heterocycles. The highest BCUT2D eigenvalue weighted by Crippen LogP contribution is 2.25. The molecule has 2 N–H and O–H groups in total. The molecule has 0 aliphatic heterocycles. The number of urea groups is 1. The molecule has 0 aromatic heterocycles. The summed E-state index contributed by atoms with van der Waals surface area (Å²) < 4.78 is 14.3. The Labute approximate surface area is 130 Å². The van der Waals surface area contributed by atoms with E-state index in [2.05, 4.69) is 21.2 Å². The number of carboxylic acids is 1. The molecular formula is C14H16BrFN2O3. The van der Waals surface area contributed by atoms with E-state index in [1.54, 1.807) is 6.07 Å². The zero-order valence-corrected chi connectivity index (χ0v) is 12.9. The van der Waals surface area contributed by atoms with Crippen LogP contribution in [-0.4, -0.2) is 34.6 Å². The molecule has 5 nitrogen and oxygen atoms in total. The molecule has 1 aromatic carbocycles.